The third kappa shape index (κ3) is 2.30. The molecule has 0 spiro atoms. The van der Waals surface area contributed by atoms with Gasteiger partial charge in [-0.15, -0.1) is 0 Å². The van der Waals surface area contributed by atoms with Gasteiger partial charge in [0.05, 0.1) is 11.7 Å². The van der Waals surface area contributed by atoms with Crippen molar-refractivity contribution < 1.29 is 9.32 Å². The minimum atomic E-state index is -0.115. The maximum atomic E-state index is 12.7. The molecule has 0 aliphatic carbocycles. The average molecular weight is 330 g/mol. The number of hydrogen-bond donors (Lipinski definition) is 1. The Morgan fingerprint density at radius 2 is 1.88 bits per heavy atom. The summed E-state index contributed by atoms with van der Waals surface area (Å²) in [6.45, 7) is 1.22. The lowest BCUT2D eigenvalue weighted by atomic mass is 10.1. The summed E-state index contributed by atoms with van der Waals surface area (Å²) in [5.41, 5.74) is 4.52. The van der Waals surface area contributed by atoms with Gasteiger partial charge in [0.15, 0.2) is 11.5 Å². The van der Waals surface area contributed by atoms with Gasteiger partial charge in [0, 0.05) is 30.1 Å². The van der Waals surface area contributed by atoms with Crippen molar-refractivity contribution in [3.8, 4) is 11.3 Å². The topological polar surface area (TPSA) is 75.0 Å². The lowest BCUT2D eigenvalue weighted by molar-refractivity contribution is 0.0741. The first-order valence-electron chi connectivity index (χ1n) is 8.04. The highest BCUT2D eigenvalue weighted by molar-refractivity contribution is 5.93. The Morgan fingerprint density at radius 1 is 1.08 bits per heavy atom. The average Bonchev–Trinajstić information content (AvgIpc) is 3.38. The number of amides is 1. The fraction of sp³-hybridized carbons (Fsp3) is 0.105. The fourth-order valence-corrected chi connectivity index (χ4v) is 3.25. The van der Waals surface area contributed by atoms with Gasteiger partial charge in [0.2, 0.25) is 0 Å². The minimum Gasteiger partial charge on any atom is -0.355 e. The quantitative estimate of drug-likeness (QED) is 0.611. The van der Waals surface area contributed by atoms with Gasteiger partial charge in [-0.05, 0) is 29.3 Å². The van der Waals surface area contributed by atoms with Crippen LogP contribution in [0.1, 0.15) is 21.6 Å². The molecule has 25 heavy (non-hydrogen) atoms. The smallest absolute Gasteiger partial charge is 0.276 e. The SMILES string of the molecule is O=C(c1cc(-c2ccc3[nH]ncc3c2)on1)N1Cc2ccccc2C1. The normalized spacial score (nSPS) is 13.4. The van der Waals surface area contributed by atoms with Gasteiger partial charge in [-0.2, -0.15) is 5.10 Å². The van der Waals surface area contributed by atoms with Crippen molar-refractivity contribution in [1.29, 1.82) is 0 Å². The summed E-state index contributed by atoms with van der Waals surface area (Å²) in [7, 11) is 0. The molecule has 4 aromatic rings. The molecule has 122 valence electrons. The molecule has 0 radical (unpaired) electrons. The van der Waals surface area contributed by atoms with E-state index in [0.717, 1.165) is 16.5 Å². The van der Waals surface area contributed by atoms with Crippen LogP contribution in [0.25, 0.3) is 22.2 Å². The molecule has 6 heteroatoms. The summed E-state index contributed by atoms with van der Waals surface area (Å²) in [6.07, 6.45) is 1.75. The molecule has 0 atom stereocenters. The summed E-state index contributed by atoms with van der Waals surface area (Å²) in [4.78, 5) is 14.5. The summed E-state index contributed by atoms with van der Waals surface area (Å²) < 4.78 is 5.41. The Balaban J connectivity index is 1.42. The minimum absolute atomic E-state index is 0.115. The second-order valence-electron chi connectivity index (χ2n) is 6.18. The van der Waals surface area contributed by atoms with Crippen LogP contribution in [0.3, 0.4) is 0 Å². The van der Waals surface area contributed by atoms with Crippen molar-refractivity contribution in [3.63, 3.8) is 0 Å². The molecule has 1 aliphatic heterocycles. The van der Waals surface area contributed by atoms with E-state index in [1.807, 2.05) is 30.3 Å². The third-order valence-electron chi connectivity index (χ3n) is 4.58. The Morgan fingerprint density at radius 3 is 2.68 bits per heavy atom. The van der Waals surface area contributed by atoms with E-state index in [9.17, 15) is 4.79 Å². The molecule has 1 aliphatic rings. The highest BCUT2D eigenvalue weighted by Gasteiger charge is 2.26. The van der Waals surface area contributed by atoms with Crippen LogP contribution in [-0.4, -0.2) is 26.2 Å². The summed E-state index contributed by atoms with van der Waals surface area (Å²) in [5, 5.41) is 11.9. The van der Waals surface area contributed by atoms with E-state index in [1.54, 1.807) is 17.2 Å². The van der Waals surface area contributed by atoms with Crippen LogP contribution in [0.15, 0.2) is 59.3 Å². The zero-order valence-corrected chi connectivity index (χ0v) is 13.3. The molecule has 6 nitrogen and oxygen atoms in total. The maximum Gasteiger partial charge on any atom is 0.276 e. The summed E-state index contributed by atoms with van der Waals surface area (Å²) in [5.74, 6) is 0.457. The summed E-state index contributed by atoms with van der Waals surface area (Å²) >= 11 is 0. The van der Waals surface area contributed by atoms with Crippen LogP contribution < -0.4 is 0 Å². The number of benzene rings is 2. The van der Waals surface area contributed by atoms with Crippen LogP contribution >= 0.6 is 0 Å². The molecular weight excluding hydrogens is 316 g/mol. The zero-order chi connectivity index (χ0) is 16.8. The molecule has 2 aromatic carbocycles. The molecule has 5 rings (SSSR count). The molecular formula is C19H14N4O2. The van der Waals surface area contributed by atoms with Crippen LogP contribution in [-0.2, 0) is 13.1 Å². The number of carbonyl (C=O) groups is 1. The summed E-state index contributed by atoms with van der Waals surface area (Å²) in [6, 6.07) is 15.6. The Hall–Kier alpha value is -3.41. The monoisotopic (exact) mass is 330 g/mol. The first-order valence-corrected chi connectivity index (χ1v) is 8.04. The van der Waals surface area contributed by atoms with Gasteiger partial charge >= 0.3 is 0 Å². The van der Waals surface area contributed by atoms with E-state index >= 15 is 0 Å². The van der Waals surface area contributed by atoms with Gasteiger partial charge in [-0.3, -0.25) is 9.89 Å². The molecule has 1 amide bonds. The molecule has 0 fully saturated rings. The number of carbonyl (C=O) groups excluding carboxylic acids is 1. The fourth-order valence-electron chi connectivity index (χ4n) is 3.25. The Bertz CT molecular complexity index is 1070. The molecule has 0 bridgehead atoms. The van der Waals surface area contributed by atoms with Gasteiger partial charge in [0.25, 0.3) is 5.91 Å². The van der Waals surface area contributed by atoms with Crippen molar-refractivity contribution in [2.24, 2.45) is 0 Å². The number of fused-ring (bicyclic) bond motifs is 2. The predicted molar refractivity (Wildman–Crippen MR) is 91.6 cm³/mol. The number of aromatic amines is 1. The lowest BCUT2D eigenvalue weighted by Crippen LogP contribution is -2.25. The first kappa shape index (κ1) is 14.0. The van der Waals surface area contributed by atoms with E-state index in [0.29, 0.717) is 24.5 Å². The number of hydrogen-bond acceptors (Lipinski definition) is 4. The second kappa shape index (κ2) is 5.31. The zero-order valence-electron chi connectivity index (χ0n) is 13.3. The van der Waals surface area contributed by atoms with Gasteiger partial charge in [-0.25, -0.2) is 0 Å². The van der Waals surface area contributed by atoms with Gasteiger partial charge in [-0.1, -0.05) is 29.4 Å². The standard InChI is InChI=1S/C19H14N4O2/c24-19(23-10-13-3-1-2-4-14(13)11-23)17-8-18(25-22-17)12-5-6-16-15(7-12)9-20-21-16/h1-9H,10-11H2,(H,20,21). The molecule has 1 N–H and O–H groups in total. The largest absolute Gasteiger partial charge is 0.355 e. The predicted octanol–water partition coefficient (Wildman–Crippen LogP) is 3.37. The Labute approximate surface area is 143 Å². The molecule has 3 heterocycles. The van der Waals surface area contributed by atoms with E-state index in [1.165, 1.54) is 11.1 Å². The van der Waals surface area contributed by atoms with Crippen molar-refractivity contribution in [2.75, 3.05) is 0 Å². The first-order chi connectivity index (χ1) is 12.3. The van der Waals surface area contributed by atoms with E-state index in [4.69, 9.17) is 4.52 Å². The molecule has 0 saturated heterocycles. The molecule has 0 saturated carbocycles. The van der Waals surface area contributed by atoms with E-state index in [2.05, 4.69) is 27.5 Å². The van der Waals surface area contributed by atoms with Crippen molar-refractivity contribution in [1.82, 2.24) is 20.3 Å². The van der Waals surface area contributed by atoms with Crippen LogP contribution in [0.4, 0.5) is 0 Å². The van der Waals surface area contributed by atoms with Crippen LogP contribution in [0, 0.1) is 0 Å². The Kier molecular flexibility index (Phi) is 2.97. The third-order valence-corrected chi connectivity index (χ3v) is 4.58. The van der Waals surface area contributed by atoms with E-state index < -0.39 is 0 Å². The highest BCUT2D eigenvalue weighted by atomic mass is 16.5. The van der Waals surface area contributed by atoms with Crippen LogP contribution in [0.5, 0.6) is 0 Å². The number of aromatic nitrogens is 3. The number of nitrogens with one attached hydrogen (secondary N) is 1. The van der Waals surface area contributed by atoms with E-state index in [-0.39, 0.29) is 5.91 Å². The lowest BCUT2D eigenvalue weighted by Gasteiger charge is -2.12. The van der Waals surface area contributed by atoms with Crippen molar-refractivity contribution in [2.45, 2.75) is 13.1 Å². The number of rotatable bonds is 2. The number of H-pyrrole nitrogens is 1. The molecule has 0 unspecified atom stereocenters. The van der Waals surface area contributed by atoms with Crippen molar-refractivity contribution in [3.05, 3.63) is 71.5 Å². The molecule has 2 aromatic heterocycles. The second-order valence-corrected chi connectivity index (χ2v) is 6.18. The van der Waals surface area contributed by atoms with Crippen molar-refractivity contribution >= 4 is 16.8 Å². The van der Waals surface area contributed by atoms with Crippen LogP contribution in [0.2, 0.25) is 0 Å². The number of nitrogens with zero attached hydrogens (tertiary/aromatic N) is 3. The highest BCUT2D eigenvalue weighted by Crippen LogP contribution is 2.27. The van der Waals surface area contributed by atoms with Gasteiger partial charge < -0.3 is 9.42 Å². The maximum absolute atomic E-state index is 12.7. The van der Waals surface area contributed by atoms with Gasteiger partial charge in [0.1, 0.15) is 0 Å².